The predicted molar refractivity (Wildman–Crippen MR) is 81.1 cm³/mol. The molecule has 0 aliphatic rings. The summed E-state index contributed by atoms with van der Waals surface area (Å²) in [4.78, 5) is -0.0836. The molecule has 0 saturated heterocycles. The predicted octanol–water partition coefficient (Wildman–Crippen LogP) is 4.06. The zero-order chi connectivity index (χ0) is 16.6. The van der Waals surface area contributed by atoms with Crippen molar-refractivity contribution in [1.29, 1.82) is 0 Å². The summed E-state index contributed by atoms with van der Waals surface area (Å²) in [6.45, 7) is 0. The molecule has 0 spiro atoms. The van der Waals surface area contributed by atoms with Crippen molar-refractivity contribution in [2.45, 2.75) is 4.90 Å². The number of rotatable bonds is 3. The minimum Gasteiger partial charge on any atom is -0.277 e. The van der Waals surface area contributed by atoms with E-state index < -0.39 is 33.2 Å². The first-order chi connectivity index (χ1) is 10.9. The van der Waals surface area contributed by atoms with Crippen LogP contribution < -0.4 is 4.72 Å². The van der Waals surface area contributed by atoms with Gasteiger partial charge in [-0.1, -0.05) is 36.4 Å². The third-order valence-electron chi connectivity index (χ3n) is 3.32. The van der Waals surface area contributed by atoms with Crippen LogP contribution in [0.1, 0.15) is 0 Å². The van der Waals surface area contributed by atoms with Crippen molar-refractivity contribution in [3.05, 3.63) is 72.0 Å². The number of hydrogen-bond donors (Lipinski definition) is 1. The molecular weight excluding hydrogens is 327 g/mol. The van der Waals surface area contributed by atoms with E-state index >= 15 is 0 Å². The Balaban J connectivity index is 2.10. The third kappa shape index (κ3) is 2.75. The Morgan fingerprint density at radius 3 is 2.26 bits per heavy atom. The van der Waals surface area contributed by atoms with E-state index in [2.05, 4.69) is 0 Å². The molecule has 0 amide bonds. The maximum absolute atomic E-state index is 13.7. The lowest BCUT2D eigenvalue weighted by atomic mass is 10.1. The molecule has 118 valence electrons. The van der Waals surface area contributed by atoms with Gasteiger partial charge in [-0.05, 0) is 23.6 Å². The van der Waals surface area contributed by atoms with Crippen LogP contribution in [0.5, 0.6) is 0 Å². The van der Waals surface area contributed by atoms with Gasteiger partial charge in [-0.2, -0.15) is 0 Å². The molecule has 0 aliphatic carbocycles. The molecule has 0 aliphatic heterocycles. The van der Waals surface area contributed by atoms with Crippen LogP contribution in [-0.4, -0.2) is 8.42 Å². The second kappa shape index (κ2) is 5.58. The first kappa shape index (κ1) is 15.4. The lowest BCUT2D eigenvalue weighted by Gasteiger charge is -2.11. The molecule has 0 fully saturated rings. The lowest BCUT2D eigenvalue weighted by Crippen LogP contribution is -2.15. The number of halogens is 3. The van der Waals surface area contributed by atoms with Crippen molar-refractivity contribution in [2.24, 2.45) is 0 Å². The Bertz CT molecular complexity index is 998. The summed E-state index contributed by atoms with van der Waals surface area (Å²) in [5.74, 6) is -4.72. The van der Waals surface area contributed by atoms with Crippen LogP contribution in [0.3, 0.4) is 0 Å². The molecule has 3 aromatic rings. The Labute approximate surface area is 130 Å². The normalized spacial score (nSPS) is 11.6. The average molecular weight is 337 g/mol. The summed E-state index contributed by atoms with van der Waals surface area (Å²) in [7, 11) is -4.17. The zero-order valence-corrected chi connectivity index (χ0v) is 12.4. The zero-order valence-electron chi connectivity index (χ0n) is 11.6. The summed E-state index contributed by atoms with van der Waals surface area (Å²) < 4.78 is 66.7. The van der Waals surface area contributed by atoms with Gasteiger partial charge in [0.25, 0.3) is 10.0 Å². The summed E-state index contributed by atoms with van der Waals surface area (Å²) >= 11 is 0. The molecule has 0 heterocycles. The Morgan fingerprint density at radius 1 is 0.783 bits per heavy atom. The van der Waals surface area contributed by atoms with Crippen molar-refractivity contribution in [3.8, 4) is 0 Å². The van der Waals surface area contributed by atoms with Crippen molar-refractivity contribution in [3.63, 3.8) is 0 Å². The molecular formula is C16H10F3NO2S. The Morgan fingerprint density at radius 2 is 1.48 bits per heavy atom. The van der Waals surface area contributed by atoms with Crippen molar-refractivity contribution in [1.82, 2.24) is 0 Å². The van der Waals surface area contributed by atoms with Gasteiger partial charge in [0.15, 0.2) is 17.5 Å². The van der Waals surface area contributed by atoms with Crippen LogP contribution in [-0.2, 0) is 10.0 Å². The quantitative estimate of drug-likeness (QED) is 0.733. The van der Waals surface area contributed by atoms with E-state index in [0.29, 0.717) is 16.8 Å². The topological polar surface area (TPSA) is 46.2 Å². The van der Waals surface area contributed by atoms with Crippen LogP contribution in [0, 0.1) is 17.5 Å². The molecule has 0 bridgehead atoms. The van der Waals surface area contributed by atoms with Gasteiger partial charge in [-0.3, -0.25) is 4.72 Å². The highest BCUT2D eigenvalue weighted by atomic mass is 32.2. The Hall–Kier alpha value is -2.54. The summed E-state index contributed by atoms with van der Waals surface area (Å²) in [5, 5.41) is 1.12. The van der Waals surface area contributed by atoms with E-state index in [0.717, 1.165) is 6.07 Å². The fourth-order valence-corrected chi connectivity index (χ4v) is 3.52. The largest absolute Gasteiger partial charge is 0.277 e. The minimum atomic E-state index is -4.17. The van der Waals surface area contributed by atoms with Crippen LogP contribution in [0.25, 0.3) is 10.8 Å². The van der Waals surface area contributed by atoms with Gasteiger partial charge in [0.2, 0.25) is 0 Å². The molecule has 1 N–H and O–H groups in total. The molecule has 0 atom stereocenters. The fraction of sp³-hybridized carbons (Fsp3) is 0. The van der Waals surface area contributed by atoms with E-state index in [1.165, 1.54) is 6.07 Å². The molecule has 3 aromatic carbocycles. The number of hydrogen-bond acceptors (Lipinski definition) is 2. The summed E-state index contributed by atoms with van der Waals surface area (Å²) in [6, 6.07) is 12.8. The van der Waals surface area contributed by atoms with E-state index in [4.69, 9.17) is 0 Å². The van der Waals surface area contributed by atoms with Gasteiger partial charge in [-0.15, -0.1) is 0 Å². The maximum Gasteiger partial charge on any atom is 0.262 e. The first-order valence-electron chi connectivity index (χ1n) is 6.54. The van der Waals surface area contributed by atoms with Crippen LogP contribution in [0.15, 0.2) is 59.5 Å². The molecule has 0 aromatic heterocycles. The highest BCUT2D eigenvalue weighted by Gasteiger charge is 2.21. The van der Waals surface area contributed by atoms with Gasteiger partial charge in [0.1, 0.15) is 0 Å². The smallest absolute Gasteiger partial charge is 0.262 e. The second-order valence-corrected chi connectivity index (χ2v) is 6.46. The second-order valence-electron chi connectivity index (χ2n) is 4.81. The number of nitrogens with one attached hydrogen (secondary N) is 1. The molecule has 23 heavy (non-hydrogen) atoms. The molecule has 0 radical (unpaired) electrons. The van der Waals surface area contributed by atoms with Crippen LogP contribution in [0.2, 0.25) is 0 Å². The van der Waals surface area contributed by atoms with E-state index in [1.54, 1.807) is 36.4 Å². The fourth-order valence-electron chi connectivity index (χ4n) is 2.23. The van der Waals surface area contributed by atoms with E-state index in [1.807, 2.05) is 4.72 Å². The minimum absolute atomic E-state index is 0.0836. The van der Waals surface area contributed by atoms with Crippen LogP contribution in [0.4, 0.5) is 18.9 Å². The number of benzene rings is 3. The van der Waals surface area contributed by atoms with Crippen LogP contribution >= 0.6 is 0 Å². The van der Waals surface area contributed by atoms with Crippen molar-refractivity contribution >= 4 is 26.5 Å². The monoisotopic (exact) mass is 337 g/mol. The van der Waals surface area contributed by atoms with E-state index in [9.17, 15) is 21.6 Å². The first-order valence-corrected chi connectivity index (χ1v) is 8.02. The summed E-state index contributed by atoms with van der Waals surface area (Å²) in [6.07, 6.45) is 0. The number of anilines is 1. The van der Waals surface area contributed by atoms with Crippen molar-refractivity contribution < 1.29 is 21.6 Å². The van der Waals surface area contributed by atoms with Gasteiger partial charge in [0, 0.05) is 5.39 Å². The van der Waals surface area contributed by atoms with Gasteiger partial charge < -0.3 is 0 Å². The van der Waals surface area contributed by atoms with Gasteiger partial charge >= 0.3 is 0 Å². The highest BCUT2D eigenvalue weighted by molar-refractivity contribution is 7.93. The molecule has 7 heteroatoms. The number of sulfonamides is 1. The van der Waals surface area contributed by atoms with Gasteiger partial charge in [-0.25, -0.2) is 21.6 Å². The number of fused-ring (bicyclic) bond motifs is 1. The standard InChI is InChI=1S/C16H10F3NO2S/c17-12-8-9-13(16(19)15(12)18)20-23(21,22)14-7-3-5-10-4-1-2-6-11(10)14/h1-9,20H. The van der Waals surface area contributed by atoms with Gasteiger partial charge in [0.05, 0.1) is 10.6 Å². The SMILES string of the molecule is O=S(=O)(Nc1ccc(F)c(F)c1F)c1cccc2ccccc12. The van der Waals surface area contributed by atoms with Crippen molar-refractivity contribution in [2.75, 3.05) is 4.72 Å². The molecule has 0 saturated carbocycles. The third-order valence-corrected chi connectivity index (χ3v) is 4.74. The molecule has 3 nitrogen and oxygen atoms in total. The highest BCUT2D eigenvalue weighted by Crippen LogP contribution is 2.27. The maximum atomic E-state index is 13.7. The Kier molecular flexibility index (Phi) is 3.73. The molecule has 3 rings (SSSR count). The summed E-state index contributed by atoms with van der Waals surface area (Å²) in [5.41, 5.74) is -0.656. The lowest BCUT2D eigenvalue weighted by molar-refractivity contribution is 0.449. The molecule has 0 unspecified atom stereocenters. The van der Waals surface area contributed by atoms with E-state index in [-0.39, 0.29) is 4.90 Å². The average Bonchev–Trinajstić information content (AvgIpc) is 2.55.